The quantitative estimate of drug-likeness (QED) is 0.177. The van der Waals surface area contributed by atoms with Crippen LogP contribution in [0.2, 0.25) is 0 Å². The van der Waals surface area contributed by atoms with Gasteiger partial charge in [0.2, 0.25) is 0 Å². The molecule has 198 valence electrons. The topological polar surface area (TPSA) is 43.8 Å². The highest BCUT2D eigenvalue weighted by molar-refractivity contribution is 7.42. The number of hydrogen-bond donors (Lipinski definition) is 0. The van der Waals surface area contributed by atoms with Crippen LogP contribution in [0.5, 0.6) is 0 Å². The van der Waals surface area contributed by atoms with Crippen LogP contribution in [-0.4, -0.2) is 29.0 Å². The van der Waals surface area contributed by atoms with Crippen molar-refractivity contribution in [3.8, 4) is 0 Å². The third-order valence-electron chi connectivity index (χ3n) is 8.62. The molecule has 4 fully saturated rings. The first kappa shape index (κ1) is 25.1. The van der Waals surface area contributed by atoms with E-state index in [1.54, 1.807) is 0 Å². The number of hydrogen-bond acceptors (Lipinski definition) is 5. The molecule has 4 saturated heterocycles. The maximum Gasteiger partial charge on any atom is 0.334 e. The minimum atomic E-state index is -1.61. The number of fused-ring (bicyclic) bond motifs is 4. The highest BCUT2D eigenvalue weighted by atomic mass is 31.2. The molecule has 3 aromatic carbocycles. The van der Waals surface area contributed by atoms with E-state index < -0.39 is 8.60 Å². The molecule has 0 spiro atoms. The SMILES string of the molecule is C=C[C@H]1CN2CC[C@H]1C[C@@H]2[C@@H](OP1O[C@@H](c2ccccc2)[C@H](c2ccccc2)O1)c1ccnc2ccccc12. The van der Waals surface area contributed by atoms with E-state index in [9.17, 15) is 0 Å². The first-order valence-corrected chi connectivity index (χ1v) is 15.0. The predicted molar refractivity (Wildman–Crippen MR) is 155 cm³/mol. The molecule has 4 aliphatic heterocycles. The fourth-order valence-corrected chi connectivity index (χ4v) is 8.04. The molecular formula is C33H33N2O3P. The van der Waals surface area contributed by atoms with E-state index in [1.165, 1.54) is 6.42 Å². The number of benzene rings is 3. The second-order valence-electron chi connectivity index (χ2n) is 10.8. The lowest BCUT2D eigenvalue weighted by atomic mass is 9.73. The summed E-state index contributed by atoms with van der Waals surface area (Å²) in [6, 6.07) is 31.4. The van der Waals surface area contributed by atoms with Crippen LogP contribution in [0.1, 0.15) is 47.8 Å². The average Bonchev–Trinajstić information content (AvgIpc) is 3.45. The van der Waals surface area contributed by atoms with Crippen molar-refractivity contribution < 1.29 is 13.6 Å². The van der Waals surface area contributed by atoms with Gasteiger partial charge in [-0.05, 0) is 60.0 Å². The molecule has 0 N–H and O–H groups in total. The highest BCUT2D eigenvalue weighted by Crippen LogP contribution is 2.63. The molecule has 39 heavy (non-hydrogen) atoms. The Morgan fingerprint density at radius 1 is 0.897 bits per heavy atom. The Balaban J connectivity index is 1.25. The second-order valence-corrected chi connectivity index (χ2v) is 11.9. The van der Waals surface area contributed by atoms with Crippen molar-refractivity contribution >= 4 is 19.5 Å². The molecule has 8 rings (SSSR count). The zero-order chi connectivity index (χ0) is 26.2. The minimum Gasteiger partial charge on any atom is -0.302 e. The van der Waals surface area contributed by atoms with Crippen molar-refractivity contribution in [1.29, 1.82) is 0 Å². The Kier molecular flexibility index (Phi) is 7.02. The fraction of sp³-hybridized carbons (Fsp3) is 0.303. The molecule has 1 unspecified atom stereocenters. The fourth-order valence-electron chi connectivity index (χ4n) is 6.61. The summed E-state index contributed by atoms with van der Waals surface area (Å²) < 4.78 is 20.3. The molecule has 2 bridgehead atoms. The van der Waals surface area contributed by atoms with Gasteiger partial charge in [-0.3, -0.25) is 9.88 Å². The molecular weight excluding hydrogens is 503 g/mol. The van der Waals surface area contributed by atoms with Gasteiger partial charge >= 0.3 is 8.60 Å². The molecule has 1 aromatic heterocycles. The van der Waals surface area contributed by atoms with Gasteiger partial charge in [0.15, 0.2) is 0 Å². The molecule has 0 saturated carbocycles. The van der Waals surface area contributed by atoms with Crippen LogP contribution < -0.4 is 0 Å². The van der Waals surface area contributed by atoms with Gasteiger partial charge in [0.1, 0.15) is 18.3 Å². The van der Waals surface area contributed by atoms with E-state index in [0.29, 0.717) is 11.8 Å². The molecule has 5 heterocycles. The van der Waals surface area contributed by atoms with Gasteiger partial charge in [-0.2, -0.15) is 0 Å². The molecule has 6 heteroatoms. The van der Waals surface area contributed by atoms with E-state index in [-0.39, 0.29) is 24.4 Å². The van der Waals surface area contributed by atoms with Gasteiger partial charge in [-0.1, -0.05) is 84.9 Å². The Labute approximate surface area is 231 Å². The van der Waals surface area contributed by atoms with Crippen LogP contribution in [0, 0.1) is 11.8 Å². The van der Waals surface area contributed by atoms with Gasteiger partial charge in [0.25, 0.3) is 0 Å². The zero-order valence-corrected chi connectivity index (χ0v) is 22.8. The maximum atomic E-state index is 7.00. The molecule has 0 aliphatic carbocycles. The van der Waals surface area contributed by atoms with Crippen molar-refractivity contribution in [1.82, 2.24) is 9.88 Å². The lowest BCUT2D eigenvalue weighted by Crippen LogP contribution is -2.55. The maximum absolute atomic E-state index is 7.00. The zero-order valence-electron chi connectivity index (χ0n) is 21.9. The largest absolute Gasteiger partial charge is 0.334 e. The third-order valence-corrected chi connectivity index (χ3v) is 9.82. The van der Waals surface area contributed by atoms with E-state index in [1.807, 2.05) is 24.4 Å². The minimum absolute atomic E-state index is 0.191. The summed E-state index contributed by atoms with van der Waals surface area (Å²) in [7, 11) is -1.61. The van der Waals surface area contributed by atoms with Crippen LogP contribution >= 0.6 is 8.60 Å². The highest BCUT2D eigenvalue weighted by Gasteiger charge is 2.47. The summed E-state index contributed by atoms with van der Waals surface area (Å²) >= 11 is 0. The molecule has 4 aromatic rings. The van der Waals surface area contributed by atoms with E-state index in [4.69, 9.17) is 13.6 Å². The van der Waals surface area contributed by atoms with Crippen molar-refractivity contribution in [2.24, 2.45) is 11.8 Å². The van der Waals surface area contributed by atoms with E-state index >= 15 is 0 Å². The van der Waals surface area contributed by atoms with Gasteiger partial charge in [-0.25, -0.2) is 0 Å². The number of nitrogens with zero attached hydrogens (tertiary/aromatic N) is 2. The van der Waals surface area contributed by atoms with Crippen molar-refractivity contribution in [2.45, 2.75) is 37.2 Å². The first-order chi connectivity index (χ1) is 19.3. The number of rotatable bonds is 7. The predicted octanol–water partition coefficient (Wildman–Crippen LogP) is 7.95. The standard InChI is InChI=1S/C33H33N2O3P/c1-2-23-22-35-20-18-26(23)21-30(35)33(28-17-19-34-29-16-10-9-15-27(28)29)38-39-36-31(24-11-5-3-6-12-24)32(37-39)25-13-7-4-8-14-25/h2-17,19,23,26,30-33H,1,18,20-22H2/t23-,26-,30+,31-,32-,33-/m0/s1. The Morgan fingerprint density at radius 2 is 1.56 bits per heavy atom. The lowest BCUT2D eigenvalue weighted by molar-refractivity contribution is -0.0391. The summed E-state index contributed by atoms with van der Waals surface area (Å²) in [4.78, 5) is 7.24. The summed E-state index contributed by atoms with van der Waals surface area (Å²) in [5.41, 5.74) is 4.33. The van der Waals surface area contributed by atoms with Crippen LogP contribution in [0.3, 0.4) is 0 Å². The normalized spacial score (nSPS) is 29.4. The average molecular weight is 537 g/mol. The number of para-hydroxylation sites is 1. The van der Waals surface area contributed by atoms with Crippen molar-refractivity contribution in [3.05, 3.63) is 127 Å². The Hall–Kier alpha value is -2.92. The molecule has 5 nitrogen and oxygen atoms in total. The van der Waals surface area contributed by atoms with Gasteiger partial charge in [0, 0.05) is 24.2 Å². The van der Waals surface area contributed by atoms with Gasteiger partial charge in [-0.15, -0.1) is 6.58 Å². The van der Waals surface area contributed by atoms with Crippen LogP contribution in [0.4, 0.5) is 0 Å². The monoisotopic (exact) mass is 536 g/mol. The summed E-state index contributed by atoms with van der Waals surface area (Å²) in [6.07, 6.45) is 5.68. The molecule has 0 radical (unpaired) electrons. The first-order valence-electron chi connectivity index (χ1n) is 13.9. The molecule has 4 aliphatic rings. The van der Waals surface area contributed by atoms with Crippen molar-refractivity contribution in [3.63, 3.8) is 0 Å². The van der Waals surface area contributed by atoms with Crippen LogP contribution in [0.15, 0.2) is 110 Å². The Bertz CT molecular complexity index is 1380. The summed E-state index contributed by atoms with van der Waals surface area (Å²) in [5, 5.41) is 1.13. The number of aromatic nitrogens is 1. The van der Waals surface area contributed by atoms with Crippen LogP contribution in [0.25, 0.3) is 10.9 Å². The van der Waals surface area contributed by atoms with Gasteiger partial charge in [0.05, 0.1) is 5.52 Å². The number of piperidine rings is 3. The van der Waals surface area contributed by atoms with Crippen LogP contribution in [-0.2, 0) is 13.6 Å². The molecule has 7 atom stereocenters. The van der Waals surface area contributed by atoms with E-state index in [0.717, 1.165) is 47.1 Å². The number of pyridine rings is 1. The van der Waals surface area contributed by atoms with Gasteiger partial charge < -0.3 is 13.6 Å². The molecule has 0 amide bonds. The summed E-state index contributed by atoms with van der Waals surface area (Å²) in [6.45, 7) is 6.24. The smallest absolute Gasteiger partial charge is 0.302 e. The van der Waals surface area contributed by atoms with Crippen molar-refractivity contribution in [2.75, 3.05) is 13.1 Å². The second kappa shape index (κ2) is 10.9. The lowest BCUT2D eigenvalue weighted by Gasteiger charge is -2.51. The summed E-state index contributed by atoms with van der Waals surface area (Å²) in [5.74, 6) is 1.17. The van der Waals surface area contributed by atoms with E-state index in [2.05, 4.69) is 95.3 Å². The third kappa shape index (κ3) is 4.84. The Morgan fingerprint density at radius 3 is 2.21 bits per heavy atom.